The van der Waals surface area contributed by atoms with Gasteiger partial charge in [0.05, 0.1) is 31.0 Å². The van der Waals surface area contributed by atoms with Crippen LogP contribution in [0.4, 0.5) is 0 Å². The van der Waals surface area contributed by atoms with Crippen molar-refractivity contribution >= 4 is 22.9 Å². The Morgan fingerprint density at radius 3 is 2.83 bits per heavy atom. The van der Waals surface area contributed by atoms with Gasteiger partial charge in [-0.1, -0.05) is 17.8 Å². The van der Waals surface area contributed by atoms with Crippen molar-refractivity contribution in [3.8, 4) is 5.75 Å². The molecule has 0 N–H and O–H groups in total. The standard InChI is InChI=1S/C18H20N2O3S/c1-5-23-17(21)15-12(3)19-18-20(8-9-24-18)16(15)13-6-7-14(22-4)11(2)10-13/h6-10,16H,5H2,1-4H3/t16-/m0/s1. The van der Waals surface area contributed by atoms with Crippen LogP contribution in [0.25, 0.3) is 0 Å². The Hall–Kier alpha value is -2.21. The molecule has 2 aliphatic rings. The van der Waals surface area contributed by atoms with E-state index in [1.807, 2.05) is 49.4 Å². The summed E-state index contributed by atoms with van der Waals surface area (Å²) in [5, 5.41) is 2.85. The van der Waals surface area contributed by atoms with E-state index in [0.717, 1.165) is 22.0 Å². The summed E-state index contributed by atoms with van der Waals surface area (Å²) in [6, 6.07) is 5.73. The Morgan fingerprint density at radius 1 is 1.38 bits per heavy atom. The Morgan fingerprint density at radius 2 is 2.17 bits per heavy atom. The third-order valence-electron chi connectivity index (χ3n) is 4.05. The molecule has 0 radical (unpaired) electrons. The fourth-order valence-corrected chi connectivity index (χ4v) is 3.76. The second kappa shape index (κ2) is 6.73. The number of thioether (sulfide) groups is 1. The number of fused-ring (bicyclic) bond motifs is 1. The predicted molar refractivity (Wildman–Crippen MR) is 95.8 cm³/mol. The smallest absolute Gasteiger partial charge is 0.338 e. The summed E-state index contributed by atoms with van der Waals surface area (Å²) in [5.41, 5.74) is 3.32. The quantitative estimate of drug-likeness (QED) is 0.778. The lowest BCUT2D eigenvalue weighted by Crippen LogP contribution is -2.34. The highest BCUT2D eigenvalue weighted by molar-refractivity contribution is 8.16. The Bertz CT molecular complexity index is 768. The molecular formula is C18H20N2O3S. The van der Waals surface area contributed by atoms with Crippen molar-refractivity contribution in [1.29, 1.82) is 0 Å². The fourth-order valence-electron chi connectivity index (χ4n) is 2.97. The number of aliphatic imine (C=N–C) groups is 1. The lowest BCUT2D eigenvalue weighted by Gasteiger charge is -2.33. The molecule has 1 atom stereocenters. The second-order valence-electron chi connectivity index (χ2n) is 5.56. The minimum Gasteiger partial charge on any atom is -0.496 e. The van der Waals surface area contributed by atoms with Gasteiger partial charge in [0.2, 0.25) is 0 Å². The van der Waals surface area contributed by atoms with Crippen LogP contribution in [0.2, 0.25) is 0 Å². The van der Waals surface area contributed by atoms with Crippen LogP contribution < -0.4 is 4.74 Å². The monoisotopic (exact) mass is 344 g/mol. The minimum absolute atomic E-state index is 0.243. The Kier molecular flexibility index (Phi) is 4.66. The molecular weight excluding hydrogens is 324 g/mol. The van der Waals surface area contributed by atoms with Crippen LogP contribution in [-0.2, 0) is 9.53 Å². The fraction of sp³-hybridized carbons (Fsp3) is 0.333. The van der Waals surface area contributed by atoms with Crippen molar-refractivity contribution in [3.05, 3.63) is 52.2 Å². The molecule has 0 aliphatic carbocycles. The van der Waals surface area contributed by atoms with Gasteiger partial charge in [-0.05, 0) is 49.4 Å². The summed E-state index contributed by atoms with van der Waals surface area (Å²) in [6.45, 7) is 6.00. The molecule has 0 bridgehead atoms. The molecule has 2 heterocycles. The van der Waals surface area contributed by atoms with Crippen LogP contribution in [-0.4, -0.2) is 29.8 Å². The number of aryl methyl sites for hydroxylation is 1. The zero-order valence-corrected chi connectivity index (χ0v) is 15.0. The van der Waals surface area contributed by atoms with Gasteiger partial charge in [-0.15, -0.1) is 0 Å². The van der Waals surface area contributed by atoms with Gasteiger partial charge in [0.25, 0.3) is 0 Å². The van der Waals surface area contributed by atoms with Crippen molar-refractivity contribution in [1.82, 2.24) is 4.90 Å². The molecule has 0 saturated heterocycles. The molecule has 0 fully saturated rings. The van der Waals surface area contributed by atoms with Crippen molar-refractivity contribution < 1.29 is 14.3 Å². The Labute approximate surface area is 146 Å². The summed E-state index contributed by atoms with van der Waals surface area (Å²) >= 11 is 1.55. The first-order valence-corrected chi connectivity index (χ1v) is 8.67. The largest absolute Gasteiger partial charge is 0.496 e. The van der Waals surface area contributed by atoms with E-state index in [1.165, 1.54) is 0 Å². The number of carbonyl (C=O) groups is 1. The van der Waals surface area contributed by atoms with E-state index in [-0.39, 0.29) is 12.0 Å². The number of allylic oxidation sites excluding steroid dienone is 1. The highest BCUT2D eigenvalue weighted by Gasteiger charge is 2.37. The van der Waals surface area contributed by atoms with Gasteiger partial charge in [0, 0.05) is 6.20 Å². The number of esters is 1. The third kappa shape index (κ3) is 2.82. The minimum atomic E-state index is -0.318. The molecule has 126 valence electrons. The number of hydrogen-bond donors (Lipinski definition) is 0. The van der Waals surface area contributed by atoms with Crippen LogP contribution >= 0.6 is 11.8 Å². The van der Waals surface area contributed by atoms with E-state index < -0.39 is 0 Å². The molecule has 1 aromatic rings. The molecule has 6 heteroatoms. The van der Waals surface area contributed by atoms with Gasteiger partial charge >= 0.3 is 5.97 Å². The first-order chi connectivity index (χ1) is 11.6. The molecule has 5 nitrogen and oxygen atoms in total. The maximum absolute atomic E-state index is 12.6. The molecule has 0 unspecified atom stereocenters. The van der Waals surface area contributed by atoms with E-state index in [2.05, 4.69) is 11.1 Å². The van der Waals surface area contributed by atoms with Crippen LogP contribution in [0.3, 0.4) is 0 Å². The van der Waals surface area contributed by atoms with Crippen molar-refractivity contribution in [2.45, 2.75) is 26.8 Å². The maximum Gasteiger partial charge on any atom is 0.338 e. The maximum atomic E-state index is 12.6. The third-order valence-corrected chi connectivity index (χ3v) is 4.82. The number of methoxy groups -OCH3 is 1. The summed E-state index contributed by atoms with van der Waals surface area (Å²) in [6.07, 6.45) is 1.96. The zero-order valence-electron chi connectivity index (χ0n) is 14.2. The van der Waals surface area contributed by atoms with Crippen molar-refractivity contribution in [2.24, 2.45) is 4.99 Å². The average molecular weight is 344 g/mol. The number of ether oxygens (including phenoxy) is 2. The first-order valence-electron chi connectivity index (χ1n) is 7.79. The van der Waals surface area contributed by atoms with Crippen LogP contribution in [0.15, 0.2) is 46.1 Å². The topological polar surface area (TPSA) is 51.1 Å². The van der Waals surface area contributed by atoms with E-state index in [1.54, 1.807) is 18.9 Å². The van der Waals surface area contributed by atoms with E-state index in [9.17, 15) is 4.79 Å². The number of nitrogens with zero attached hydrogens (tertiary/aromatic N) is 2. The number of hydrogen-bond acceptors (Lipinski definition) is 6. The van der Waals surface area contributed by atoms with Crippen LogP contribution in [0, 0.1) is 6.92 Å². The van der Waals surface area contributed by atoms with Gasteiger partial charge in [0.15, 0.2) is 5.17 Å². The molecule has 0 aromatic heterocycles. The summed E-state index contributed by atoms with van der Waals surface area (Å²) < 4.78 is 10.6. The van der Waals surface area contributed by atoms with Crippen molar-refractivity contribution in [3.63, 3.8) is 0 Å². The number of benzene rings is 1. The molecule has 0 spiro atoms. The summed E-state index contributed by atoms with van der Waals surface area (Å²) in [4.78, 5) is 19.1. The van der Waals surface area contributed by atoms with Crippen LogP contribution in [0.1, 0.15) is 31.0 Å². The van der Waals surface area contributed by atoms with Gasteiger partial charge < -0.3 is 14.4 Å². The van der Waals surface area contributed by atoms with Gasteiger partial charge in [-0.25, -0.2) is 9.79 Å². The number of amidine groups is 1. The van der Waals surface area contributed by atoms with E-state index >= 15 is 0 Å². The Balaban J connectivity index is 2.10. The molecule has 0 amide bonds. The zero-order chi connectivity index (χ0) is 17.3. The first kappa shape index (κ1) is 16.6. The SMILES string of the molecule is CCOC(=O)C1=C(C)N=C2SC=CN2[C@H]1c1ccc(OC)c(C)c1. The van der Waals surface area contributed by atoms with E-state index in [4.69, 9.17) is 9.47 Å². The summed E-state index contributed by atoms with van der Waals surface area (Å²) in [7, 11) is 1.65. The van der Waals surface area contributed by atoms with Crippen LogP contribution in [0.5, 0.6) is 5.75 Å². The molecule has 2 aliphatic heterocycles. The molecule has 0 saturated carbocycles. The molecule has 3 rings (SSSR count). The number of rotatable bonds is 4. The lowest BCUT2D eigenvalue weighted by molar-refractivity contribution is -0.139. The molecule has 24 heavy (non-hydrogen) atoms. The normalized spacial score (nSPS) is 19.2. The second-order valence-corrected chi connectivity index (χ2v) is 6.43. The van der Waals surface area contributed by atoms with Gasteiger partial charge in [-0.3, -0.25) is 0 Å². The van der Waals surface area contributed by atoms with Gasteiger partial charge in [0.1, 0.15) is 5.75 Å². The predicted octanol–water partition coefficient (Wildman–Crippen LogP) is 3.77. The highest BCUT2D eigenvalue weighted by Crippen LogP contribution is 2.41. The van der Waals surface area contributed by atoms with E-state index in [0.29, 0.717) is 17.9 Å². The lowest BCUT2D eigenvalue weighted by atomic mass is 9.93. The highest BCUT2D eigenvalue weighted by atomic mass is 32.2. The average Bonchev–Trinajstić information content (AvgIpc) is 3.01. The number of carbonyl (C=O) groups excluding carboxylic acids is 1. The summed E-state index contributed by atoms with van der Waals surface area (Å²) in [5.74, 6) is 0.509. The van der Waals surface area contributed by atoms with Gasteiger partial charge in [-0.2, -0.15) is 0 Å². The van der Waals surface area contributed by atoms with Crippen molar-refractivity contribution in [2.75, 3.05) is 13.7 Å². The molecule has 1 aromatic carbocycles.